The summed E-state index contributed by atoms with van der Waals surface area (Å²) in [6.07, 6.45) is 0. The molecular formula is C25H25N3O3. The van der Waals surface area contributed by atoms with Gasteiger partial charge in [-0.25, -0.2) is 0 Å². The first kappa shape index (κ1) is 21.8. The normalized spacial score (nSPS) is 11.3. The van der Waals surface area contributed by atoms with Gasteiger partial charge >= 0.3 is 11.8 Å². The van der Waals surface area contributed by atoms with Gasteiger partial charge in [0.25, 0.3) is 5.91 Å². The van der Waals surface area contributed by atoms with Gasteiger partial charge in [-0.1, -0.05) is 72.3 Å². The molecule has 0 saturated heterocycles. The predicted octanol–water partition coefficient (Wildman–Crippen LogP) is 3.74. The second kappa shape index (κ2) is 10.2. The van der Waals surface area contributed by atoms with Crippen LogP contribution in [0.1, 0.15) is 40.0 Å². The number of para-hydroxylation sites is 1. The Hall–Kier alpha value is -3.93. The minimum absolute atomic E-state index is 0.275. The van der Waals surface area contributed by atoms with Crippen LogP contribution < -0.4 is 16.0 Å². The smallest absolute Gasteiger partial charge is 0.313 e. The van der Waals surface area contributed by atoms with Crippen LogP contribution in [0.5, 0.6) is 0 Å². The first-order chi connectivity index (χ1) is 14.9. The third kappa shape index (κ3) is 6.02. The molecular weight excluding hydrogens is 390 g/mol. The lowest BCUT2D eigenvalue weighted by molar-refractivity contribution is -0.136. The molecule has 3 amide bonds. The third-order valence-electron chi connectivity index (χ3n) is 4.81. The molecule has 6 heteroatoms. The fourth-order valence-electron chi connectivity index (χ4n) is 3.16. The van der Waals surface area contributed by atoms with Gasteiger partial charge in [0.2, 0.25) is 0 Å². The average Bonchev–Trinajstić information content (AvgIpc) is 2.78. The van der Waals surface area contributed by atoms with Crippen molar-refractivity contribution in [2.45, 2.75) is 26.4 Å². The molecule has 0 fully saturated rings. The van der Waals surface area contributed by atoms with Crippen LogP contribution in [0.25, 0.3) is 0 Å². The second-order valence-corrected chi connectivity index (χ2v) is 7.28. The quantitative estimate of drug-likeness (QED) is 0.536. The van der Waals surface area contributed by atoms with Gasteiger partial charge in [-0.2, -0.15) is 0 Å². The molecule has 158 valence electrons. The predicted molar refractivity (Wildman–Crippen MR) is 120 cm³/mol. The summed E-state index contributed by atoms with van der Waals surface area (Å²) in [4.78, 5) is 37.4. The Kier molecular flexibility index (Phi) is 7.17. The van der Waals surface area contributed by atoms with Gasteiger partial charge in [0.1, 0.15) is 0 Å². The van der Waals surface area contributed by atoms with Crippen molar-refractivity contribution in [2.75, 3.05) is 5.32 Å². The highest BCUT2D eigenvalue weighted by molar-refractivity contribution is 6.40. The Labute approximate surface area is 181 Å². The zero-order valence-electron chi connectivity index (χ0n) is 17.5. The van der Waals surface area contributed by atoms with E-state index >= 15 is 0 Å². The van der Waals surface area contributed by atoms with Gasteiger partial charge in [-0.15, -0.1) is 0 Å². The molecule has 0 radical (unpaired) electrons. The minimum atomic E-state index is -0.832. The Morgan fingerprint density at radius 3 is 2.29 bits per heavy atom. The maximum absolute atomic E-state index is 12.7. The molecule has 3 aromatic rings. The lowest BCUT2D eigenvalue weighted by Gasteiger charge is -2.15. The van der Waals surface area contributed by atoms with Crippen molar-refractivity contribution in [1.82, 2.24) is 10.6 Å². The standard InChI is InChI=1S/C25H25N3O3/c1-17-9-8-10-19(15-17)16-26-23(29)21-13-6-7-14-22(21)28-25(31)24(30)27-18(2)20-11-4-3-5-12-20/h3-15,18H,16H2,1-2H3,(H,26,29)(H,27,30)(H,28,31)/t18-/m1/s1. The molecule has 0 bridgehead atoms. The molecule has 3 N–H and O–H groups in total. The number of carbonyl (C=O) groups is 3. The lowest BCUT2D eigenvalue weighted by atomic mass is 10.1. The van der Waals surface area contributed by atoms with Crippen LogP contribution in [-0.4, -0.2) is 17.7 Å². The Morgan fingerprint density at radius 1 is 0.839 bits per heavy atom. The number of rotatable bonds is 6. The van der Waals surface area contributed by atoms with E-state index in [1.807, 2.05) is 61.5 Å². The van der Waals surface area contributed by atoms with Crippen LogP contribution >= 0.6 is 0 Å². The van der Waals surface area contributed by atoms with Crippen molar-refractivity contribution < 1.29 is 14.4 Å². The van der Waals surface area contributed by atoms with Crippen molar-refractivity contribution in [3.8, 4) is 0 Å². The van der Waals surface area contributed by atoms with E-state index in [0.717, 1.165) is 16.7 Å². The molecule has 3 rings (SSSR count). The van der Waals surface area contributed by atoms with Crippen LogP contribution in [0.3, 0.4) is 0 Å². The minimum Gasteiger partial charge on any atom is -0.348 e. The molecule has 0 aliphatic rings. The van der Waals surface area contributed by atoms with Gasteiger partial charge in [-0.3, -0.25) is 14.4 Å². The number of carbonyl (C=O) groups excluding carboxylic acids is 3. The summed E-state index contributed by atoms with van der Waals surface area (Å²) in [7, 11) is 0. The maximum Gasteiger partial charge on any atom is 0.313 e. The summed E-state index contributed by atoms with van der Waals surface area (Å²) in [5, 5.41) is 8.06. The Morgan fingerprint density at radius 2 is 1.55 bits per heavy atom. The van der Waals surface area contributed by atoms with Crippen molar-refractivity contribution in [1.29, 1.82) is 0 Å². The monoisotopic (exact) mass is 415 g/mol. The van der Waals surface area contributed by atoms with Crippen LogP contribution in [-0.2, 0) is 16.1 Å². The van der Waals surface area contributed by atoms with Gasteiger partial charge in [0.15, 0.2) is 0 Å². The number of nitrogens with one attached hydrogen (secondary N) is 3. The van der Waals surface area contributed by atoms with E-state index in [2.05, 4.69) is 16.0 Å². The van der Waals surface area contributed by atoms with E-state index < -0.39 is 11.8 Å². The van der Waals surface area contributed by atoms with E-state index in [1.165, 1.54) is 0 Å². The number of benzene rings is 3. The molecule has 31 heavy (non-hydrogen) atoms. The second-order valence-electron chi connectivity index (χ2n) is 7.28. The van der Waals surface area contributed by atoms with Crippen molar-refractivity contribution in [3.63, 3.8) is 0 Å². The fourth-order valence-corrected chi connectivity index (χ4v) is 3.16. The van der Waals surface area contributed by atoms with Crippen molar-refractivity contribution in [2.24, 2.45) is 0 Å². The molecule has 0 unspecified atom stereocenters. The highest BCUT2D eigenvalue weighted by Gasteiger charge is 2.19. The van der Waals surface area contributed by atoms with Gasteiger partial charge < -0.3 is 16.0 Å². The maximum atomic E-state index is 12.7. The molecule has 0 aliphatic heterocycles. The van der Waals surface area contributed by atoms with Gasteiger partial charge in [0.05, 0.1) is 17.3 Å². The highest BCUT2D eigenvalue weighted by Crippen LogP contribution is 2.16. The molecule has 0 saturated carbocycles. The average molecular weight is 415 g/mol. The summed E-state index contributed by atoms with van der Waals surface area (Å²) >= 11 is 0. The van der Waals surface area contributed by atoms with Crippen LogP contribution in [0.4, 0.5) is 5.69 Å². The van der Waals surface area contributed by atoms with Crippen LogP contribution in [0.15, 0.2) is 78.9 Å². The largest absolute Gasteiger partial charge is 0.348 e. The molecule has 6 nitrogen and oxygen atoms in total. The molecule has 0 aromatic heterocycles. The first-order valence-electron chi connectivity index (χ1n) is 10.0. The molecule has 3 aromatic carbocycles. The topological polar surface area (TPSA) is 87.3 Å². The lowest BCUT2D eigenvalue weighted by Crippen LogP contribution is -2.37. The van der Waals surface area contributed by atoms with Gasteiger partial charge in [-0.05, 0) is 37.1 Å². The molecule has 1 atom stereocenters. The summed E-state index contributed by atoms with van der Waals surface area (Å²) in [6, 6.07) is 23.5. The number of hydrogen-bond donors (Lipinski definition) is 3. The number of anilines is 1. The third-order valence-corrected chi connectivity index (χ3v) is 4.81. The first-order valence-corrected chi connectivity index (χ1v) is 10.0. The Bertz CT molecular complexity index is 1080. The van der Waals surface area contributed by atoms with Crippen molar-refractivity contribution in [3.05, 3.63) is 101 Å². The van der Waals surface area contributed by atoms with E-state index in [1.54, 1.807) is 31.2 Å². The fraction of sp³-hybridized carbons (Fsp3) is 0.160. The summed E-state index contributed by atoms with van der Waals surface area (Å²) in [6.45, 7) is 4.14. The summed E-state index contributed by atoms with van der Waals surface area (Å²) < 4.78 is 0. The zero-order valence-corrected chi connectivity index (χ0v) is 17.5. The SMILES string of the molecule is Cc1cccc(CNC(=O)c2ccccc2NC(=O)C(=O)N[C@H](C)c2ccccc2)c1. The van der Waals surface area contributed by atoms with Crippen molar-refractivity contribution >= 4 is 23.4 Å². The van der Waals surface area contributed by atoms with E-state index in [0.29, 0.717) is 6.54 Å². The van der Waals surface area contributed by atoms with Crippen LogP contribution in [0, 0.1) is 6.92 Å². The van der Waals surface area contributed by atoms with E-state index in [-0.39, 0.29) is 23.2 Å². The number of amides is 3. The summed E-state index contributed by atoms with van der Waals surface area (Å²) in [5.41, 5.74) is 3.53. The number of hydrogen-bond acceptors (Lipinski definition) is 3. The van der Waals surface area contributed by atoms with Gasteiger partial charge in [0, 0.05) is 6.54 Å². The van der Waals surface area contributed by atoms with E-state index in [9.17, 15) is 14.4 Å². The van der Waals surface area contributed by atoms with Crippen LogP contribution in [0.2, 0.25) is 0 Å². The zero-order chi connectivity index (χ0) is 22.2. The molecule has 0 heterocycles. The highest BCUT2D eigenvalue weighted by atomic mass is 16.2. The molecule has 0 aliphatic carbocycles. The number of aryl methyl sites for hydroxylation is 1. The molecule has 0 spiro atoms. The summed E-state index contributed by atoms with van der Waals surface area (Å²) in [5.74, 6) is -1.94. The van der Waals surface area contributed by atoms with E-state index in [4.69, 9.17) is 0 Å². The Balaban J connectivity index is 1.63.